The number of nitrogens with one attached hydrogen (secondary N) is 2. The molecule has 0 atom stereocenters. The zero-order chi connectivity index (χ0) is 21.0. The summed E-state index contributed by atoms with van der Waals surface area (Å²) in [6.45, 7) is 4.74. The molecule has 0 saturated heterocycles. The molecule has 0 spiro atoms. The van der Waals surface area contributed by atoms with Gasteiger partial charge in [0.1, 0.15) is 5.00 Å². The van der Waals surface area contributed by atoms with E-state index >= 15 is 0 Å². The number of carbonyl (C=O) groups is 2. The summed E-state index contributed by atoms with van der Waals surface area (Å²) in [4.78, 5) is 27.6. The summed E-state index contributed by atoms with van der Waals surface area (Å²) in [6, 6.07) is 7.57. The highest BCUT2D eigenvalue weighted by Gasteiger charge is 2.26. The van der Waals surface area contributed by atoms with Crippen LogP contribution in [-0.2, 0) is 17.8 Å². The van der Waals surface area contributed by atoms with Crippen molar-refractivity contribution in [2.24, 2.45) is 5.73 Å². The molecule has 3 rings (SSSR count). The number of nitrogens with two attached hydrogens (primary N) is 1. The van der Waals surface area contributed by atoms with Crippen molar-refractivity contribution in [3.63, 3.8) is 0 Å². The number of rotatable bonds is 5. The van der Waals surface area contributed by atoms with Crippen LogP contribution < -0.4 is 16.4 Å². The lowest BCUT2D eigenvalue weighted by molar-refractivity contribution is -0.115. The van der Waals surface area contributed by atoms with E-state index in [1.54, 1.807) is 6.08 Å². The van der Waals surface area contributed by atoms with Crippen LogP contribution in [0.1, 0.15) is 33.3 Å². The second-order valence-electron chi connectivity index (χ2n) is 6.52. The first-order valence-corrected chi connectivity index (χ1v) is 11.1. The van der Waals surface area contributed by atoms with E-state index in [1.807, 2.05) is 24.3 Å². The number of benzene rings is 1. The number of carbonyl (C=O) groups excluding carboxylic acids is 2. The van der Waals surface area contributed by atoms with E-state index in [2.05, 4.69) is 38.4 Å². The molecule has 0 radical (unpaired) electrons. The van der Waals surface area contributed by atoms with E-state index in [1.165, 1.54) is 17.4 Å². The van der Waals surface area contributed by atoms with Crippen LogP contribution in [-0.4, -0.2) is 34.9 Å². The molecular weight excluding hydrogens is 472 g/mol. The number of anilines is 1. The molecular formula is C20H21BrN4O2S2. The van der Waals surface area contributed by atoms with Crippen molar-refractivity contribution in [1.82, 2.24) is 10.2 Å². The minimum atomic E-state index is -0.487. The maximum Gasteiger partial charge on any atom is 0.251 e. The van der Waals surface area contributed by atoms with Crippen molar-refractivity contribution in [2.45, 2.75) is 19.9 Å². The first kappa shape index (κ1) is 21.6. The van der Waals surface area contributed by atoms with Crippen LogP contribution in [0.15, 0.2) is 34.8 Å². The monoisotopic (exact) mass is 492 g/mol. The Morgan fingerprint density at radius 2 is 2.07 bits per heavy atom. The second-order valence-corrected chi connectivity index (χ2v) is 8.95. The number of hydrogen-bond donors (Lipinski definition) is 3. The number of thiophene rings is 1. The Morgan fingerprint density at radius 1 is 1.34 bits per heavy atom. The quantitative estimate of drug-likeness (QED) is 0.439. The molecule has 152 valence electrons. The average Bonchev–Trinajstić information content (AvgIpc) is 3.04. The Bertz CT molecular complexity index is 970. The summed E-state index contributed by atoms with van der Waals surface area (Å²) in [5.74, 6) is -0.844. The molecule has 1 aliphatic heterocycles. The lowest BCUT2D eigenvalue weighted by Crippen LogP contribution is -2.33. The largest absolute Gasteiger partial charge is 0.365 e. The molecule has 0 unspecified atom stereocenters. The Hall–Kier alpha value is -2.07. The number of hydrogen-bond acceptors (Lipinski definition) is 5. The van der Waals surface area contributed by atoms with Crippen LogP contribution in [0.2, 0.25) is 0 Å². The summed E-state index contributed by atoms with van der Waals surface area (Å²) in [5.41, 5.74) is 7.97. The van der Waals surface area contributed by atoms with Gasteiger partial charge in [0.05, 0.1) is 5.56 Å². The van der Waals surface area contributed by atoms with Crippen LogP contribution >= 0.6 is 39.5 Å². The molecule has 1 aromatic heterocycles. The van der Waals surface area contributed by atoms with Crippen LogP contribution in [0, 0.1) is 0 Å². The van der Waals surface area contributed by atoms with Gasteiger partial charge in [-0.05, 0) is 54.5 Å². The minimum absolute atomic E-state index is 0.129. The topological polar surface area (TPSA) is 87.5 Å². The molecule has 1 aliphatic rings. The maximum absolute atomic E-state index is 12.1. The highest BCUT2D eigenvalue weighted by Crippen LogP contribution is 2.36. The number of fused-ring (bicyclic) bond motifs is 1. The molecule has 0 saturated carbocycles. The van der Waals surface area contributed by atoms with E-state index < -0.39 is 5.91 Å². The normalized spacial score (nSPS) is 13.9. The van der Waals surface area contributed by atoms with Crippen molar-refractivity contribution in [1.29, 1.82) is 0 Å². The van der Waals surface area contributed by atoms with Crippen LogP contribution in [0.3, 0.4) is 0 Å². The van der Waals surface area contributed by atoms with Crippen LogP contribution in [0.4, 0.5) is 5.00 Å². The van der Waals surface area contributed by atoms with Crippen LogP contribution in [0.5, 0.6) is 0 Å². The van der Waals surface area contributed by atoms with Gasteiger partial charge in [-0.1, -0.05) is 35.0 Å². The SMILES string of the molecule is CCN1CCc2c(sc(NC(=S)NC(=O)/C=C/c3ccc(Br)cc3)c2C(N)=O)C1. The first-order valence-electron chi connectivity index (χ1n) is 9.09. The van der Waals surface area contributed by atoms with Gasteiger partial charge in [0.25, 0.3) is 5.91 Å². The highest BCUT2D eigenvalue weighted by molar-refractivity contribution is 9.10. The predicted octanol–water partition coefficient (Wildman–Crippen LogP) is 3.51. The van der Waals surface area contributed by atoms with Gasteiger partial charge in [-0.15, -0.1) is 11.3 Å². The van der Waals surface area contributed by atoms with Gasteiger partial charge in [-0.2, -0.15) is 0 Å². The number of halogens is 1. The molecule has 9 heteroatoms. The number of amides is 2. The first-order chi connectivity index (χ1) is 13.9. The molecule has 1 aromatic carbocycles. The number of likely N-dealkylation sites (N-methyl/N-ethyl adjacent to an activating group) is 1. The number of primary amides is 1. The summed E-state index contributed by atoms with van der Waals surface area (Å²) in [5, 5.41) is 6.30. The third-order valence-electron chi connectivity index (χ3n) is 4.59. The molecule has 6 nitrogen and oxygen atoms in total. The molecule has 2 aromatic rings. The van der Waals surface area contributed by atoms with Crippen molar-refractivity contribution in [3.05, 3.63) is 56.4 Å². The number of nitrogens with zero attached hydrogens (tertiary/aromatic N) is 1. The lowest BCUT2D eigenvalue weighted by Gasteiger charge is -2.25. The second kappa shape index (κ2) is 9.62. The summed E-state index contributed by atoms with van der Waals surface area (Å²) in [7, 11) is 0. The number of thiocarbonyl (C=S) groups is 1. The van der Waals surface area contributed by atoms with E-state index in [0.29, 0.717) is 10.6 Å². The third-order valence-corrected chi connectivity index (χ3v) is 6.46. The summed E-state index contributed by atoms with van der Waals surface area (Å²) in [6.07, 6.45) is 3.88. The fourth-order valence-corrected chi connectivity index (χ4v) is 4.94. The molecule has 0 fully saturated rings. The van der Waals surface area contributed by atoms with Gasteiger partial charge in [-0.25, -0.2) is 0 Å². The fourth-order valence-electron chi connectivity index (χ4n) is 3.11. The Balaban J connectivity index is 1.67. The molecule has 2 amide bonds. The van der Waals surface area contributed by atoms with Crippen molar-refractivity contribution in [2.75, 3.05) is 18.4 Å². The molecule has 2 heterocycles. The van der Waals surface area contributed by atoms with Gasteiger partial charge >= 0.3 is 0 Å². The zero-order valence-electron chi connectivity index (χ0n) is 15.8. The zero-order valence-corrected chi connectivity index (χ0v) is 19.0. The van der Waals surface area contributed by atoms with Gasteiger partial charge in [0.15, 0.2) is 5.11 Å². The Morgan fingerprint density at radius 3 is 2.72 bits per heavy atom. The minimum Gasteiger partial charge on any atom is -0.365 e. The standard InChI is InChI=1S/C20H21BrN4O2S2/c1-2-25-10-9-14-15(11-25)29-19(17(14)18(22)27)24-20(28)23-16(26)8-5-12-3-6-13(21)7-4-12/h3-8H,2,9-11H2,1H3,(H2,22,27)(H2,23,24,26,28)/b8-5+. The van der Waals surface area contributed by atoms with Crippen molar-refractivity contribution >= 4 is 67.5 Å². The molecule has 29 heavy (non-hydrogen) atoms. The fraction of sp³-hybridized carbons (Fsp3) is 0.250. The van der Waals surface area contributed by atoms with E-state index in [0.717, 1.165) is 46.5 Å². The highest BCUT2D eigenvalue weighted by atomic mass is 79.9. The van der Waals surface area contributed by atoms with E-state index in [9.17, 15) is 9.59 Å². The molecule has 0 bridgehead atoms. The van der Waals surface area contributed by atoms with Gasteiger partial charge in [-0.3, -0.25) is 19.8 Å². The predicted molar refractivity (Wildman–Crippen MR) is 125 cm³/mol. The summed E-state index contributed by atoms with van der Waals surface area (Å²) >= 11 is 10.1. The van der Waals surface area contributed by atoms with Gasteiger partial charge in [0.2, 0.25) is 5.91 Å². The Labute approximate surface area is 187 Å². The van der Waals surface area contributed by atoms with Crippen molar-refractivity contribution in [3.8, 4) is 0 Å². The smallest absolute Gasteiger partial charge is 0.251 e. The van der Waals surface area contributed by atoms with Crippen LogP contribution in [0.25, 0.3) is 6.08 Å². The molecule has 4 N–H and O–H groups in total. The van der Waals surface area contributed by atoms with Crippen molar-refractivity contribution < 1.29 is 9.59 Å². The lowest BCUT2D eigenvalue weighted by atomic mass is 10.0. The Kier molecular flexibility index (Phi) is 7.18. The molecule has 0 aliphatic carbocycles. The maximum atomic E-state index is 12.1. The summed E-state index contributed by atoms with van der Waals surface area (Å²) < 4.78 is 0.968. The van der Waals surface area contributed by atoms with Gasteiger partial charge < -0.3 is 11.1 Å². The van der Waals surface area contributed by atoms with Gasteiger partial charge in [0, 0.05) is 28.5 Å². The van der Waals surface area contributed by atoms with E-state index in [-0.39, 0.29) is 11.0 Å². The van der Waals surface area contributed by atoms with E-state index in [4.69, 9.17) is 18.0 Å². The third kappa shape index (κ3) is 5.51. The average molecular weight is 493 g/mol.